The highest BCUT2D eigenvalue weighted by atomic mass is 16.2. The number of carbonyl (C=O) groups excluding carboxylic acids is 1. The number of likely N-dealkylation sites (tertiary alicyclic amines) is 1. The fourth-order valence-electron chi connectivity index (χ4n) is 2.66. The van der Waals surface area contributed by atoms with Crippen molar-refractivity contribution in [1.29, 1.82) is 0 Å². The van der Waals surface area contributed by atoms with Crippen molar-refractivity contribution >= 4 is 5.91 Å². The largest absolute Gasteiger partial charge is 0.339 e. The Kier molecular flexibility index (Phi) is 3.62. The first-order chi connectivity index (χ1) is 7.25. The van der Waals surface area contributed by atoms with Gasteiger partial charge in [-0.05, 0) is 18.8 Å². The highest BCUT2D eigenvalue weighted by molar-refractivity contribution is 5.77. The highest BCUT2D eigenvalue weighted by Gasteiger charge is 2.28. The van der Waals surface area contributed by atoms with Gasteiger partial charge in [-0.2, -0.15) is 0 Å². The molecule has 3 nitrogen and oxygen atoms in total. The fraction of sp³-hybridized carbons (Fsp3) is 0.917. The minimum absolute atomic E-state index is 0.239. The second-order valence-corrected chi connectivity index (χ2v) is 5.12. The molecule has 1 saturated carbocycles. The van der Waals surface area contributed by atoms with Crippen molar-refractivity contribution in [3.8, 4) is 0 Å². The van der Waals surface area contributed by atoms with Crippen LogP contribution in [0.2, 0.25) is 0 Å². The van der Waals surface area contributed by atoms with Crippen LogP contribution in [-0.2, 0) is 4.79 Å². The van der Waals surface area contributed by atoms with Gasteiger partial charge in [0.2, 0.25) is 5.91 Å². The highest BCUT2D eigenvalue weighted by Crippen LogP contribution is 2.26. The lowest BCUT2D eigenvalue weighted by molar-refractivity contribution is -0.136. The van der Waals surface area contributed by atoms with Gasteiger partial charge in [0.1, 0.15) is 0 Å². The summed E-state index contributed by atoms with van der Waals surface area (Å²) in [7, 11) is 0. The SMILES string of the molecule is NC1CN(C(=O)CC2CCCCCC2)C1. The van der Waals surface area contributed by atoms with Gasteiger partial charge in [-0.3, -0.25) is 4.79 Å². The van der Waals surface area contributed by atoms with E-state index in [0.29, 0.717) is 11.8 Å². The molecule has 0 aromatic carbocycles. The Hall–Kier alpha value is -0.570. The monoisotopic (exact) mass is 210 g/mol. The summed E-state index contributed by atoms with van der Waals surface area (Å²) in [5.74, 6) is 0.987. The number of hydrogen-bond donors (Lipinski definition) is 1. The summed E-state index contributed by atoms with van der Waals surface area (Å²) in [4.78, 5) is 13.7. The summed E-state index contributed by atoms with van der Waals surface area (Å²) in [6.45, 7) is 1.57. The van der Waals surface area contributed by atoms with Crippen LogP contribution in [0.4, 0.5) is 0 Å². The molecule has 2 rings (SSSR count). The van der Waals surface area contributed by atoms with Gasteiger partial charge in [-0.15, -0.1) is 0 Å². The van der Waals surface area contributed by atoms with Crippen molar-refractivity contribution in [2.45, 2.75) is 51.0 Å². The summed E-state index contributed by atoms with van der Waals surface area (Å²) in [5.41, 5.74) is 5.67. The van der Waals surface area contributed by atoms with Crippen LogP contribution in [0.5, 0.6) is 0 Å². The van der Waals surface area contributed by atoms with Crippen LogP contribution < -0.4 is 5.73 Å². The van der Waals surface area contributed by atoms with Crippen molar-refractivity contribution in [1.82, 2.24) is 4.90 Å². The molecule has 0 aromatic heterocycles. The number of carbonyl (C=O) groups is 1. The smallest absolute Gasteiger partial charge is 0.222 e. The lowest BCUT2D eigenvalue weighted by Crippen LogP contribution is -2.58. The molecular weight excluding hydrogens is 188 g/mol. The molecular formula is C12H22N2O. The quantitative estimate of drug-likeness (QED) is 0.702. The molecule has 15 heavy (non-hydrogen) atoms. The molecule has 2 fully saturated rings. The van der Waals surface area contributed by atoms with Gasteiger partial charge in [-0.1, -0.05) is 25.7 Å². The molecule has 86 valence electrons. The molecule has 0 radical (unpaired) electrons. The topological polar surface area (TPSA) is 46.3 Å². The van der Waals surface area contributed by atoms with Crippen molar-refractivity contribution in [2.24, 2.45) is 11.7 Å². The first-order valence-corrected chi connectivity index (χ1v) is 6.29. The fourth-order valence-corrected chi connectivity index (χ4v) is 2.66. The molecule has 0 aromatic rings. The summed E-state index contributed by atoms with van der Waals surface area (Å²) in [6.07, 6.45) is 8.64. The third kappa shape index (κ3) is 2.94. The molecule has 0 spiro atoms. The predicted octanol–water partition coefficient (Wildman–Crippen LogP) is 1.52. The number of rotatable bonds is 2. The van der Waals surface area contributed by atoms with Crippen LogP contribution in [0.25, 0.3) is 0 Å². The van der Waals surface area contributed by atoms with E-state index in [1.54, 1.807) is 0 Å². The average molecular weight is 210 g/mol. The summed E-state index contributed by atoms with van der Waals surface area (Å²) >= 11 is 0. The van der Waals surface area contributed by atoms with E-state index in [1.165, 1.54) is 38.5 Å². The normalized spacial score (nSPS) is 24.7. The molecule has 3 heteroatoms. The number of amides is 1. The van der Waals surface area contributed by atoms with E-state index in [4.69, 9.17) is 5.73 Å². The van der Waals surface area contributed by atoms with E-state index in [0.717, 1.165) is 19.5 Å². The van der Waals surface area contributed by atoms with Crippen LogP contribution in [0.3, 0.4) is 0 Å². The molecule has 2 N–H and O–H groups in total. The van der Waals surface area contributed by atoms with Gasteiger partial charge >= 0.3 is 0 Å². The van der Waals surface area contributed by atoms with Gasteiger partial charge in [-0.25, -0.2) is 0 Å². The van der Waals surface area contributed by atoms with Crippen molar-refractivity contribution < 1.29 is 4.79 Å². The molecule has 0 unspecified atom stereocenters. The van der Waals surface area contributed by atoms with Crippen LogP contribution in [-0.4, -0.2) is 29.9 Å². The standard InChI is InChI=1S/C12H22N2O/c13-11-8-14(9-11)12(15)7-10-5-3-1-2-4-6-10/h10-11H,1-9,13H2. The molecule has 0 bridgehead atoms. The first-order valence-electron chi connectivity index (χ1n) is 6.29. The van der Waals surface area contributed by atoms with E-state index >= 15 is 0 Å². The first kappa shape index (κ1) is 10.9. The maximum atomic E-state index is 11.8. The lowest BCUT2D eigenvalue weighted by atomic mass is 9.95. The van der Waals surface area contributed by atoms with Gasteiger partial charge in [0.25, 0.3) is 0 Å². The molecule has 1 amide bonds. The van der Waals surface area contributed by atoms with Gasteiger partial charge in [0.15, 0.2) is 0 Å². The third-order valence-corrected chi connectivity index (χ3v) is 3.70. The van der Waals surface area contributed by atoms with Crippen molar-refractivity contribution in [3.63, 3.8) is 0 Å². The number of nitrogens with two attached hydrogens (primary N) is 1. The average Bonchev–Trinajstić information content (AvgIpc) is 2.41. The van der Waals surface area contributed by atoms with Crippen LogP contribution in [0.15, 0.2) is 0 Å². The summed E-state index contributed by atoms with van der Waals surface area (Å²) < 4.78 is 0. The van der Waals surface area contributed by atoms with Gasteiger partial charge < -0.3 is 10.6 Å². The Bertz CT molecular complexity index is 216. The second kappa shape index (κ2) is 4.97. The van der Waals surface area contributed by atoms with Crippen molar-refractivity contribution in [2.75, 3.05) is 13.1 Å². The van der Waals surface area contributed by atoms with Crippen LogP contribution in [0.1, 0.15) is 44.9 Å². The Morgan fingerprint density at radius 2 is 1.73 bits per heavy atom. The lowest BCUT2D eigenvalue weighted by Gasteiger charge is -2.37. The zero-order valence-electron chi connectivity index (χ0n) is 9.45. The minimum Gasteiger partial charge on any atom is -0.339 e. The molecule has 1 aliphatic heterocycles. The minimum atomic E-state index is 0.239. The van der Waals surface area contributed by atoms with Crippen molar-refractivity contribution in [3.05, 3.63) is 0 Å². The Labute approximate surface area is 92.0 Å². The Balaban J connectivity index is 1.72. The van der Waals surface area contributed by atoms with Gasteiger partial charge in [0, 0.05) is 25.6 Å². The van der Waals surface area contributed by atoms with E-state index in [1.807, 2.05) is 4.90 Å². The van der Waals surface area contributed by atoms with E-state index in [2.05, 4.69) is 0 Å². The second-order valence-electron chi connectivity index (χ2n) is 5.12. The van der Waals surface area contributed by atoms with Gasteiger partial charge in [0.05, 0.1) is 0 Å². The van der Waals surface area contributed by atoms with E-state index < -0.39 is 0 Å². The third-order valence-electron chi connectivity index (χ3n) is 3.70. The maximum Gasteiger partial charge on any atom is 0.222 e. The molecule has 1 heterocycles. The van der Waals surface area contributed by atoms with E-state index in [9.17, 15) is 4.79 Å². The molecule has 1 saturated heterocycles. The summed E-state index contributed by atoms with van der Waals surface area (Å²) in [5, 5.41) is 0. The van der Waals surface area contributed by atoms with E-state index in [-0.39, 0.29) is 6.04 Å². The Morgan fingerprint density at radius 1 is 1.13 bits per heavy atom. The number of hydrogen-bond acceptors (Lipinski definition) is 2. The maximum absolute atomic E-state index is 11.8. The molecule has 2 aliphatic rings. The Morgan fingerprint density at radius 3 is 2.27 bits per heavy atom. The predicted molar refractivity (Wildman–Crippen MR) is 60.4 cm³/mol. The molecule has 0 atom stereocenters. The zero-order chi connectivity index (χ0) is 10.7. The summed E-state index contributed by atoms with van der Waals surface area (Å²) in [6, 6.07) is 0.239. The van der Waals surface area contributed by atoms with Crippen LogP contribution in [0, 0.1) is 5.92 Å². The number of nitrogens with zero attached hydrogens (tertiary/aromatic N) is 1. The molecule has 1 aliphatic carbocycles. The van der Waals surface area contributed by atoms with Crippen LogP contribution >= 0.6 is 0 Å². The zero-order valence-corrected chi connectivity index (χ0v) is 9.45.